The average Bonchev–Trinajstić information content (AvgIpc) is 2.65. The molecule has 0 spiro atoms. The Labute approximate surface area is 169 Å². The summed E-state index contributed by atoms with van der Waals surface area (Å²) in [7, 11) is 0. The number of amides is 1. The van der Waals surface area contributed by atoms with Crippen molar-refractivity contribution in [3.8, 4) is 0 Å². The number of esters is 1. The largest absolute Gasteiger partial charge is 0.449 e. The maximum atomic E-state index is 12.7. The Morgan fingerprint density at radius 1 is 1.17 bits per heavy atom. The van der Waals surface area contributed by atoms with Gasteiger partial charge < -0.3 is 10.1 Å². The second-order valence-corrected chi connectivity index (χ2v) is 8.92. The molecule has 7 heteroatoms. The SMILES string of the molecule is C[C@@H](OC(=O)/C=C/c1ccccc1[N+](=O)[O-])C(=O)NC12CC3CC(CC(C3)C1)C2. The number of para-hydroxylation sites is 1. The number of nitrogens with one attached hydrogen (secondary N) is 1. The first-order chi connectivity index (χ1) is 13.8. The fraction of sp³-hybridized carbons (Fsp3) is 0.545. The van der Waals surface area contributed by atoms with Crippen molar-refractivity contribution < 1.29 is 19.2 Å². The van der Waals surface area contributed by atoms with Crippen LogP contribution in [-0.2, 0) is 14.3 Å². The lowest BCUT2D eigenvalue weighted by Crippen LogP contribution is -2.61. The number of nitro groups is 1. The van der Waals surface area contributed by atoms with E-state index in [1.54, 1.807) is 25.1 Å². The molecule has 1 amide bonds. The monoisotopic (exact) mass is 398 g/mol. The van der Waals surface area contributed by atoms with Crippen LogP contribution in [0.4, 0.5) is 5.69 Å². The van der Waals surface area contributed by atoms with Gasteiger partial charge in [0.1, 0.15) is 0 Å². The Bertz CT molecular complexity index is 827. The molecule has 0 heterocycles. The van der Waals surface area contributed by atoms with E-state index in [2.05, 4.69) is 5.32 Å². The molecule has 1 N–H and O–H groups in total. The number of nitro benzene ring substituents is 1. The van der Waals surface area contributed by atoms with Crippen molar-refractivity contribution in [1.29, 1.82) is 0 Å². The minimum atomic E-state index is -0.911. The molecule has 4 fully saturated rings. The van der Waals surface area contributed by atoms with Crippen molar-refractivity contribution in [3.05, 3.63) is 46.0 Å². The number of hydrogen-bond acceptors (Lipinski definition) is 5. The lowest BCUT2D eigenvalue weighted by atomic mass is 9.53. The second kappa shape index (κ2) is 7.61. The summed E-state index contributed by atoms with van der Waals surface area (Å²) in [5.74, 6) is 1.17. The summed E-state index contributed by atoms with van der Waals surface area (Å²) in [5, 5.41) is 14.2. The number of ether oxygens (including phenoxy) is 1. The van der Waals surface area contributed by atoms with E-state index in [4.69, 9.17) is 4.74 Å². The fourth-order valence-electron chi connectivity index (χ4n) is 5.85. The highest BCUT2D eigenvalue weighted by atomic mass is 16.6. The van der Waals surface area contributed by atoms with Crippen LogP contribution in [0.1, 0.15) is 51.0 Å². The van der Waals surface area contributed by atoms with E-state index in [1.807, 2.05) is 0 Å². The summed E-state index contributed by atoms with van der Waals surface area (Å²) >= 11 is 0. The predicted octanol–water partition coefficient (Wildman–Crippen LogP) is 3.62. The lowest BCUT2D eigenvalue weighted by molar-refractivity contribution is -0.385. The van der Waals surface area contributed by atoms with Crippen LogP contribution in [0, 0.1) is 27.9 Å². The van der Waals surface area contributed by atoms with Gasteiger partial charge in [0, 0.05) is 17.7 Å². The first-order valence-corrected chi connectivity index (χ1v) is 10.3. The molecule has 4 saturated carbocycles. The topological polar surface area (TPSA) is 98.5 Å². The molecule has 5 rings (SSSR count). The summed E-state index contributed by atoms with van der Waals surface area (Å²) in [6.07, 6.45) is 8.50. The van der Waals surface area contributed by atoms with Crippen molar-refractivity contribution in [2.45, 2.75) is 57.1 Å². The van der Waals surface area contributed by atoms with Crippen LogP contribution in [0.2, 0.25) is 0 Å². The molecular formula is C22H26N2O5. The lowest BCUT2D eigenvalue weighted by Gasteiger charge is -2.57. The fourth-order valence-corrected chi connectivity index (χ4v) is 5.85. The number of carbonyl (C=O) groups excluding carboxylic acids is 2. The number of rotatable bonds is 6. The minimum absolute atomic E-state index is 0.0934. The number of hydrogen-bond donors (Lipinski definition) is 1. The van der Waals surface area contributed by atoms with Gasteiger partial charge in [-0.25, -0.2) is 4.79 Å². The zero-order valence-corrected chi connectivity index (χ0v) is 16.5. The molecule has 1 atom stereocenters. The highest BCUT2D eigenvalue weighted by molar-refractivity contribution is 5.91. The number of benzene rings is 1. The smallest absolute Gasteiger partial charge is 0.331 e. The number of carbonyl (C=O) groups is 2. The minimum Gasteiger partial charge on any atom is -0.449 e. The highest BCUT2D eigenvalue weighted by Gasteiger charge is 2.51. The third-order valence-electron chi connectivity index (χ3n) is 6.62. The molecule has 1 aromatic rings. The molecular weight excluding hydrogens is 372 g/mol. The average molecular weight is 398 g/mol. The first kappa shape index (κ1) is 19.6. The molecule has 1 aromatic carbocycles. The van der Waals surface area contributed by atoms with Gasteiger partial charge in [-0.3, -0.25) is 14.9 Å². The summed E-state index contributed by atoms with van der Waals surface area (Å²) < 4.78 is 5.24. The maximum absolute atomic E-state index is 12.7. The summed E-state index contributed by atoms with van der Waals surface area (Å²) in [4.78, 5) is 35.3. The molecule has 0 aliphatic heterocycles. The van der Waals surface area contributed by atoms with E-state index >= 15 is 0 Å². The van der Waals surface area contributed by atoms with Crippen LogP contribution >= 0.6 is 0 Å². The van der Waals surface area contributed by atoms with Crippen LogP contribution < -0.4 is 5.32 Å². The van der Waals surface area contributed by atoms with E-state index in [9.17, 15) is 19.7 Å². The van der Waals surface area contributed by atoms with Gasteiger partial charge in [0.05, 0.1) is 10.5 Å². The Hall–Kier alpha value is -2.70. The normalized spacial score (nSPS) is 30.9. The molecule has 0 aromatic heterocycles. The van der Waals surface area contributed by atoms with E-state index < -0.39 is 17.0 Å². The third-order valence-corrected chi connectivity index (χ3v) is 6.62. The van der Waals surface area contributed by atoms with Crippen LogP contribution in [-0.4, -0.2) is 28.4 Å². The maximum Gasteiger partial charge on any atom is 0.331 e. The van der Waals surface area contributed by atoms with Crippen molar-refractivity contribution >= 4 is 23.6 Å². The quantitative estimate of drug-likeness (QED) is 0.341. The summed E-state index contributed by atoms with van der Waals surface area (Å²) in [6.45, 7) is 1.56. The van der Waals surface area contributed by atoms with E-state index in [-0.39, 0.29) is 17.1 Å². The van der Waals surface area contributed by atoms with Crippen molar-refractivity contribution in [2.24, 2.45) is 17.8 Å². The molecule has 4 bridgehead atoms. The van der Waals surface area contributed by atoms with Gasteiger partial charge in [-0.05, 0) is 75.3 Å². The molecule has 0 saturated heterocycles. The highest BCUT2D eigenvalue weighted by Crippen LogP contribution is 2.55. The standard InChI is InChI=1S/C22H26N2O5/c1-14(29-20(25)7-6-18-4-2-3-5-19(18)24(27)28)21(26)23-22-11-15-8-16(12-22)10-17(9-15)13-22/h2-7,14-17H,8-13H2,1H3,(H,23,26)/b7-6+/t14-,15?,16?,17?,22?/m1/s1. The van der Waals surface area contributed by atoms with Crippen LogP contribution in [0.3, 0.4) is 0 Å². The van der Waals surface area contributed by atoms with Crippen LogP contribution in [0.5, 0.6) is 0 Å². The van der Waals surface area contributed by atoms with Gasteiger partial charge in [0.15, 0.2) is 6.10 Å². The van der Waals surface area contributed by atoms with Crippen LogP contribution in [0.15, 0.2) is 30.3 Å². The number of nitrogens with zero attached hydrogens (tertiary/aromatic N) is 1. The van der Waals surface area contributed by atoms with E-state index in [0.29, 0.717) is 23.3 Å². The zero-order valence-electron chi connectivity index (χ0n) is 16.5. The Morgan fingerprint density at radius 3 is 2.34 bits per heavy atom. The molecule has 7 nitrogen and oxygen atoms in total. The molecule has 4 aliphatic rings. The molecule has 0 radical (unpaired) electrons. The molecule has 4 aliphatic carbocycles. The van der Waals surface area contributed by atoms with Gasteiger partial charge in [0.25, 0.3) is 11.6 Å². The second-order valence-electron chi connectivity index (χ2n) is 8.92. The van der Waals surface area contributed by atoms with Gasteiger partial charge in [-0.2, -0.15) is 0 Å². The Balaban J connectivity index is 1.34. The molecule has 154 valence electrons. The van der Waals surface area contributed by atoms with Gasteiger partial charge in [0.2, 0.25) is 0 Å². The molecule has 0 unspecified atom stereocenters. The third kappa shape index (κ3) is 4.18. The van der Waals surface area contributed by atoms with Crippen molar-refractivity contribution in [3.63, 3.8) is 0 Å². The van der Waals surface area contributed by atoms with Crippen molar-refractivity contribution in [2.75, 3.05) is 0 Å². The van der Waals surface area contributed by atoms with Crippen molar-refractivity contribution in [1.82, 2.24) is 5.32 Å². The Morgan fingerprint density at radius 2 is 1.76 bits per heavy atom. The van der Waals surface area contributed by atoms with Crippen LogP contribution in [0.25, 0.3) is 6.08 Å². The van der Waals surface area contributed by atoms with Gasteiger partial charge in [-0.15, -0.1) is 0 Å². The van der Waals surface area contributed by atoms with E-state index in [1.165, 1.54) is 31.4 Å². The summed E-state index contributed by atoms with van der Waals surface area (Å²) in [6, 6.07) is 6.13. The van der Waals surface area contributed by atoms with Gasteiger partial charge >= 0.3 is 5.97 Å². The first-order valence-electron chi connectivity index (χ1n) is 10.3. The van der Waals surface area contributed by atoms with E-state index in [0.717, 1.165) is 25.3 Å². The van der Waals surface area contributed by atoms with Gasteiger partial charge in [-0.1, -0.05) is 12.1 Å². The zero-order chi connectivity index (χ0) is 20.6. The predicted molar refractivity (Wildman–Crippen MR) is 107 cm³/mol. The molecule has 29 heavy (non-hydrogen) atoms. The Kier molecular flexibility index (Phi) is 5.15. The summed E-state index contributed by atoms with van der Waals surface area (Å²) in [5.41, 5.74) is 0.0803.